The van der Waals surface area contributed by atoms with Crippen molar-refractivity contribution < 1.29 is 5.11 Å². The summed E-state index contributed by atoms with van der Waals surface area (Å²) in [6, 6.07) is 11.6. The molecule has 0 aliphatic carbocycles. The van der Waals surface area contributed by atoms with Gasteiger partial charge in [0.25, 0.3) is 0 Å². The van der Waals surface area contributed by atoms with Gasteiger partial charge in [0.05, 0.1) is 0 Å². The molecule has 0 spiro atoms. The number of nitrogen functional groups attached to an aromatic ring is 1. The van der Waals surface area contributed by atoms with Crippen LogP contribution in [0.1, 0.15) is 36.5 Å². The van der Waals surface area contributed by atoms with Crippen LogP contribution in [-0.4, -0.2) is 10.1 Å². The molecule has 3 heteroatoms. The van der Waals surface area contributed by atoms with Crippen molar-refractivity contribution in [3.8, 4) is 0 Å². The highest BCUT2D eigenvalue weighted by Crippen LogP contribution is 2.36. The van der Waals surface area contributed by atoms with Gasteiger partial charge in [-0.25, -0.2) is 4.98 Å². The Morgan fingerprint density at radius 1 is 1.26 bits per heavy atom. The highest BCUT2D eigenvalue weighted by atomic mass is 16.3. The first-order chi connectivity index (χ1) is 9.08. The van der Waals surface area contributed by atoms with Crippen LogP contribution in [0.2, 0.25) is 0 Å². The van der Waals surface area contributed by atoms with E-state index in [2.05, 4.69) is 4.98 Å². The largest absolute Gasteiger partial charge is 0.383 e. The Labute approximate surface area is 114 Å². The summed E-state index contributed by atoms with van der Waals surface area (Å²) in [5.41, 5.74) is 7.45. The number of aliphatic hydroxyl groups is 1. The van der Waals surface area contributed by atoms with Gasteiger partial charge in [-0.15, -0.1) is 0 Å². The summed E-state index contributed by atoms with van der Waals surface area (Å²) in [6.45, 7) is 4.00. The Morgan fingerprint density at radius 2 is 1.95 bits per heavy atom. The lowest BCUT2D eigenvalue weighted by atomic mass is 9.82. The highest BCUT2D eigenvalue weighted by Gasteiger charge is 2.32. The molecule has 0 saturated carbocycles. The van der Waals surface area contributed by atoms with E-state index < -0.39 is 5.60 Å². The third kappa shape index (κ3) is 2.61. The fourth-order valence-electron chi connectivity index (χ4n) is 2.42. The lowest BCUT2D eigenvalue weighted by Crippen LogP contribution is -2.28. The fourth-order valence-corrected chi connectivity index (χ4v) is 2.42. The zero-order valence-corrected chi connectivity index (χ0v) is 11.4. The molecule has 1 heterocycles. The molecule has 1 aromatic carbocycles. The Kier molecular flexibility index (Phi) is 3.86. The third-order valence-electron chi connectivity index (χ3n) is 3.36. The van der Waals surface area contributed by atoms with E-state index in [4.69, 9.17) is 5.73 Å². The lowest BCUT2D eigenvalue weighted by Gasteiger charge is -2.30. The minimum absolute atomic E-state index is 0.394. The highest BCUT2D eigenvalue weighted by molar-refractivity contribution is 5.49. The molecule has 0 aliphatic rings. The molecule has 1 aromatic heterocycles. The van der Waals surface area contributed by atoms with Crippen LogP contribution in [-0.2, 0) is 5.60 Å². The molecule has 0 fully saturated rings. The Hall–Kier alpha value is -1.87. The topological polar surface area (TPSA) is 59.1 Å². The van der Waals surface area contributed by atoms with Crippen LogP contribution in [0.25, 0.3) is 0 Å². The van der Waals surface area contributed by atoms with E-state index in [1.165, 1.54) is 0 Å². The average Bonchev–Trinajstić information content (AvgIpc) is 2.42. The molecule has 1 unspecified atom stereocenters. The number of aromatic nitrogens is 1. The Balaban J connectivity index is 2.59. The smallest absolute Gasteiger partial charge is 0.129 e. The van der Waals surface area contributed by atoms with E-state index >= 15 is 0 Å². The van der Waals surface area contributed by atoms with Gasteiger partial charge in [0.1, 0.15) is 11.4 Å². The van der Waals surface area contributed by atoms with Crippen LogP contribution in [0, 0.1) is 6.92 Å². The molecule has 2 rings (SSSR count). The standard InChI is InChI=1S/C16H20N2O/c1-3-9-16(19,13-7-5-4-6-8-13)14-10-12(2)11-18-15(14)17/h4-8,10-11,19H,3,9H2,1-2H3,(H2,17,18). The van der Waals surface area contributed by atoms with Gasteiger partial charge in [-0.2, -0.15) is 0 Å². The van der Waals surface area contributed by atoms with Crippen molar-refractivity contribution >= 4 is 5.82 Å². The minimum atomic E-state index is -1.07. The maximum absolute atomic E-state index is 11.1. The van der Waals surface area contributed by atoms with Gasteiger partial charge < -0.3 is 10.8 Å². The number of rotatable bonds is 4. The summed E-state index contributed by atoms with van der Waals surface area (Å²) in [7, 11) is 0. The molecule has 0 radical (unpaired) electrons. The van der Waals surface area contributed by atoms with Gasteiger partial charge >= 0.3 is 0 Å². The first-order valence-electron chi connectivity index (χ1n) is 6.58. The van der Waals surface area contributed by atoms with Crippen molar-refractivity contribution in [1.29, 1.82) is 0 Å². The number of hydrogen-bond donors (Lipinski definition) is 2. The normalized spacial score (nSPS) is 14.1. The molecule has 19 heavy (non-hydrogen) atoms. The number of aryl methyl sites for hydroxylation is 1. The van der Waals surface area contributed by atoms with Gasteiger partial charge in [0, 0.05) is 11.8 Å². The molecule has 3 N–H and O–H groups in total. The second-order valence-electron chi connectivity index (χ2n) is 4.92. The average molecular weight is 256 g/mol. The number of nitrogens with zero attached hydrogens (tertiary/aromatic N) is 1. The van der Waals surface area contributed by atoms with Crippen LogP contribution in [0.4, 0.5) is 5.82 Å². The van der Waals surface area contributed by atoms with Crippen molar-refractivity contribution in [3.05, 3.63) is 59.3 Å². The Bertz CT molecular complexity index is 554. The second-order valence-corrected chi connectivity index (χ2v) is 4.92. The van der Waals surface area contributed by atoms with E-state index in [0.29, 0.717) is 17.8 Å². The predicted octanol–water partition coefficient (Wildman–Crippen LogP) is 3.01. The van der Waals surface area contributed by atoms with E-state index in [9.17, 15) is 5.11 Å². The predicted molar refractivity (Wildman–Crippen MR) is 77.7 cm³/mol. The first-order valence-corrected chi connectivity index (χ1v) is 6.58. The molecule has 0 bridgehead atoms. The van der Waals surface area contributed by atoms with Gasteiger partial charge in [0.2, 0.25) is 0 Å². The summed E-state index contributed by atoms with van der Waals surface area (Å²) in [5, 5.41) is 11.1. The maximum Gasteiger partial charge on any atom is 0.129 e. The number of anilines is 1. The molecular weight excluding hydrogens is 236 g/mol. The quantitative estimate of drug-likeness (QED) is 0.884. The minimum Gasteiger partial charge on any atom is -0.383 e. The summed E-state index contributed by atoms with van der Waals surface area (Å²) in [4.78, 5) is 4.17. The fraction of sp³-hybridized carbons (Fsp3) is 0.312. The van der Waals surface area contributed by atoms with Crippen molar-refractivity contribution in [2.45, 2.75) is 32.3 Å². The number of pyridine rings is 1. The Morgan fingerprint density at radius 3 is 2.58 bits per heavy atom. The van der Waals surface area contributed by atoms with E-state index in [0.717, 1.165) is 17.5 Å². The van der Waals surface area contributed by atoms with Gasteiger partial charge in [-0.1, -0.05) is 43.7 Å². The van der Waals surface area contributed by atoms with Crippen molar-refractivity contribution in [2.75, 3.05) is 5.73 Å². The summed E-state index contributed by atoms with van der Waals surface area (Å²) in [6.07, 6.45) is 3.20. The number of hydrogen-bond acceptors (Lipinski definition) is 3. The van der Waals surface area contributed by atoms with E-state index in [-0.39, 0.29) is 0 Å². The lowest BCUT2D eigenvalue weighted by molar-refractivity contribution is 0.0706. The number of benzene rings is 1. The van der Waals surface area contributed by atoms with Crippen molar-refractivity contribution in [1.82, 2.24) is 4.98 Å². The zero-order chi connectivity index (χ0) is 13.9. The summed E-state index contributed by atoms with van der Waals surface area (Å²) in [5.74, 6) is 0.394. The van der Waals surface area contributed by atoms with Crippen LogP contribution in [0.15, 0.2) is 42.6 Å². The monoisotopic (exact) mass is 256 g/mol. The molecular formula is C16H20N2O. The molecule has 0 aliphatic heterocycles. The van der Waals surface area contributed by atoms with Gasteiger partial charge in [-0.05, 0) is 30.5 Å². The molecule has 0 saturated heterocycles. The molecule has 100 valence electrons. The maximum atomic E-state index is 11.1. The van der Waals surface area contributed by atoms with Crippen LogP contribution in [0.3, 0.4) is 0 Å². The first kappa shape index (κ1) is 13.6. The second kappa shape index (κ2) is 5.41. The van der Waals surface area contributed by atoms with E-state index in [1.807, 2.05) is 50.2 Å². The zero-order valence-electron chi connectivity index (χ0n) is 11.4. The van der Waals surface area contributed by atoms with Crippen molar-refractivity contribution in [2.24, 2.45) is 0 Å². The molecule has 1 atom stereocenters. The van der Waals surface area contributed by atoms with E-state index in [1.54, 1.807) is 6.20 Å². The SMILES string of the molecule is CCCC(O)(c1ccccc1)c1cc(C)cnc1N. The van der Waals surface area contributed by atoms with Gasteiger partial charge in [-0.3, -0.25) is 0 Å². The summed E-state index contributed by atoms with van der Waals surface area (Å²) >= 11 is 0. The summed E-state index contributed by atoms with van der Waals surface area (Å²) < 4.78 is 0. The van der Waals surface area contributed by atoms with Gasteiger partial charge in [0.15, 0.2) is 0 Å². The van der Waals surface area contributed by atoms with Crippen LogP contribution >= 0.6 is 0 Å². The molecule has 2 aromatic rings. The molecule has 3 nitrogen and oxygen atoms in total. The van der Waals surface area contributed by atoms with Crippen LogP contribution in [0.5, 0.6) is 0 Å². The molecule has 0 amide bonds. The van der Waals surface area contributed by atoms with Crippen LogP contribution < -0.4 is 5.73 Å². The number of nitrogens with two attached hydrogens (primary N) is 1. The van der Waals surface area contributed by atoms with Crippen molar-refractivity contribution in [3.63, 3.8) is 0 Å². The third-order valence-corrected chi connectivity index (χ3v) is 3.36.